The van der Waals surface area contributed by atoms with Crippen LogP contribution in [-0.4, -0.2) is 29.8 Å². The van der Waals surface area contributed by atoms with Crippen molar-refractivity contribution in [3.05, 3.63) is 0 Å². The average molecular weight is 205 g/mol. The molecular formula is C10H23NO3. The fourth-order valence-electron chi connectivity index (χ4n) is 1.48. The molecule has 0 aromatic carbocycles. The zero-order valence-electron chi connectivity index (χ0n) is 9.67. The molecule has 0 fully saturated rings. The molecule has 0 aliphatic heterocycles. The Labute approximate surface area is 86.4 Å². The minimum atomic E-state index is -1.39. The second-order valence-electron chi connectivity index (χ2n) is 3.27. The lowest BCUT2D eigenvalue weighted by Crippen LogP contribution is -2.63. The van der Waals surface area contributed by atoms with Gasteiger partial charge in [0.25, 0.3) is 5.91 Å². The van der Waals surface area contributed by atoms with Crippen molar-refractivity contribution in [3.63, 3.8) is 0 Å². The van der Waals surface area contributed by atoms with Crippen LogP contribution in [0, 0.1) is 0 Å². The van der Waals surface area contributed by atoms with E-state index >= 15 is 0 Å². The Morgan fingerprint density at radius 1 is 1.00 bits per heavy atom. The van der Waals surface area contributed by atoms with Gasteiger partial charge < -0.3 is 14.6 Å². The summed E-state index contributed by atoms with van der Waals surface area (Å²) in [7, 11) is 0. The van der Waals surface area contributed by atoms with Crippen molar-refractivity contribution >= 4 is 0 Å². The molecule has 0 aromatic heterocycles. The smallest absolute Gasteiger partial charge is 0.255 e. The molecule has 3 N–H and O–H groups in total. The van der Waals surface area contributed by atoms with Gasteiger partial charge in [0.05, 0.1) is 0 Å². The lowest BCUT2D eigenvalue weighted by molar-refractivity contribution is -0.318. The van der Waals surface area contributed by atoms with E-state index in [0.29, 0.717) is 26.1 Å². The molecule has 0 aromatic rings. The summed E-state index contributed by atoms with van der Waals surface area (Å²) in [4.78, 5) is 0. The molecule has 14 heavy (non-hydrogen) atoms. The highest BCUT2D eigenvalue weighted by molar-refractivity contribution is 4.88. The Balaban J connectivity index is 4.75. The van der Waals surface area contributed by atoms with Gasteiger partial charge >= 0.3 is 0 Å². The van der Waals surface area contributed by atoms with Gasteiger partial charge in [0, 0.05) is 13.2 Å². The summed E-state index contributed by atoms with van der Waals surface area (Å²) in [6, 6.07) is 0. The molecule has 0 spiro atoms. The van der Waals surface area contributed by atoms with Gasteiger partial charge in [-0.1, -0.05) is 13.8 Å². The molecule has 0 bridgehead atoms. The third kappa shape index (κ3) is 2.67. The van der Waals surface area contributed by atoms with Crippen LogP contribution in [0.5, 0.6) is 0 Å². The van der Waals surface area contributed by atoms with Gasteiger partial charge in [-0.25, -0.2) is 0 Å². The van der Waals surface area contributed by atoms with E-state index in [0.717, 1.165) is 0 Å². The molecule has 4 nitrogen and oxygen atoms in total. The Morgan fingerprint density at radius 3 is 1.57 bits per heavy atom. The molecule has 0 aliphatic carbocycles. The van der Waals surface area contributed by atoms with Gasteiger partial charge in [0.1, 0.15) is 5.60 Å². The maximum Gasteiger partial charge on any atom is 0.255 e. The fourth-order valence-corrected chi connectivity index (χ4v) is 1.48. The molecule has 0 rings (SSSR count). The van der Waals surface area contributed by atoms with Crippen LogP contribution in [0.3, 0.4) is 0 Å². The van der Waals surface area contributed by atoms with Crippen molar-refractivity contribution in [1.29, 1.82) is 0 Å². The quantitative estimate of drug-likeness (QED) is 0.613. The minimum absolute atomic E-state index is 0.415. The standard InChI is InChI=1S/C10H23NO3/c1-5-9(12,6-2)10(11,13-7-3)14-8-4/h12H,5-8,11H2,1-4H3. The Morgan fingerprint density at radius 2 is 1.36 bits per heavy atom. The van der Waals surface area contributed by atoms with Gasteiger partial charge in [0.2, 0.25) is 0 Å². The first kappa shape index (κ1) is 13.8. The Bertz CT molecular complexity index is 151. The number of hydrogen-bond donors (Lipinski definition) is 2. The van der Waals surface area contributed by atoms with E-state index in [9.17, 15) is 5.11 Å². The highest BCUT2D eigenvalue weighted by Gasteiger charge is 2.47. The fraction of sp³-hybridized carbons (Fsp3) is 1.00. The summed E-state index contributed by atoms with van der Waals surface area (Å²) in [5.41, 5.74) is 4.80. The molecule has 0 atom stereocenters. The van der Waals surface area contributed by atoms with Crippen molar-refractivity contribution in [2.45, 2.75) is 52.0 Å². The SMILES string of the molecule is CCOC(N)(OCC)C(O)(CC)CC. The summed E-state index contributed by atoms with van der Waals surface area (Å²) in [5, 5.41) is 10.2. The van der Waals surface area contributed by atoms with Crippen LogP contribution < -0.4 is 5.73 Å². The zero-order valence-corrected chi connectivity index (χ0v) is 9.67. The predicted molar refractivity (Wildman–Crippen MR) is 55.7 cm³/mol. The normalized spacial score (nSPS) is 13.3. The maximum atomic E-state index is 10.2. The average Bonchev–Trinajstić information content (AvgIpc) is 2.17. The van der Waals surface area contributed by atoms with Crippen molar-refractivity contribution in [1.82, 2.24) is 0 Å². The predicted octanol–water partition coefficient (Wildman–Crippen LogP) is 1.22. The molecule has 0 aliphatic rings. The van der Waals surface area contributed by atoms with Gasteiger partial charge in [-0.05, 0) is 26.7 Å². The van der Waals surface area contributed by atoms with Crippen molar-refractivity contribution in [2.75, 3.05) is 13.2 Å². The first-order valence-corrected chi connectivity index (χ1v) is 5.28. The van der Waals surface area contributed by atoms with Gasteiger partial charge in [0.15, 0.2) is 0 Å². The van der Waals surface area contributed by atoms with Gasteiger partial charge in [-0.15, -0.1) is 0 Å². The molecule has 0 saturated heterocycles. The van der Waals surface area contributed by atoms with Gasteiger partial charge in [-0.3, -0.25) is 5.73 Å². The highest BCUT2D eigenvalue weighted by Crippen LogP contribution is 2.29. The molecular weight excluding hydrogens is 182 g/mol. The molecule has 4 heteroatoms. The molecule has 86 valence electrons. The molecule has 0 radical (unpaired) electrons. The lowest BCUT2D eigenvalue weighted by Gasteiger charge is -2.42. The number of ether oxygens (including phenoxy) is 2. The van der Waals surface area contributed by atoms with Crippen LogP contribution in [-0.2, 0) is 9.47 Å². The first-order chi connectivity index (χ1) is 6.49. The van der Waals surface area contributed by atoms with E-state index in [-0.39, 0.29) is 0 Å². The molecule has 0 amide bonds. The largest absolute Gasteiger partial charge is 0.383 e. The third-order valence-corrected chi connectivity index (χ3v) is 2.54. The van der Waals surface area contributed by atoms with Crippen LogP contribution >= 0.6 is 0 Å². The maximum absolute atomic E-state index is 10.2. The second kappa shape index (κ2) is 5.66. The lowest BCUT2D eigenvalue weighted by atomic mass is 9.93. The molecule has 0 heterocycles. The highest BCUT2D eigenvalue weighted by atomic mass is 16.7. The van der Waals surface area contributed by atoms with E-state index in [1.54, 1.807) is 0 Å². The van der Waals surface area contributed by atoms with E-state index in [4.69, 9.17) is 15.2 Å². The van der Waals surface area contributed by atoms with Crippen LogP contribution in [0.25, 0.3) is 0 Å². The monoisotopic (exact) mass is 205 g/mol. The molecule has 0 unspecified atom stereocenters. The number of nitrogens with two attached hydrogens (primary N) is 1. The molecule has 0 saturated carbocycles. The number of hydrogen-bond acceptors (Lipinski definition) is 4. The number of rotatable bonds is 7. The Hall–Kier alpha value is -0.160. The zero-order chi connectivity index (χ0) is 11.2. The summed E-state index contributed by atoms with van der Waals surface area (Å²) >= 11 is 0. The van der Waals surface area contributed by atoms with Crippen molar-refractivity contribution in [2.24, 2.45) is 5.73 Å². The van der Waals surface area contributed by atoms with Crippen molar-refractivity contribution < 1.29 is 14.6 Å². The van der Waals surface area contributed by atoms with Crippen molar-refractivity contribution in [3.8, 4) is 0 Å². The van der Waals surface area contributed by atoms with E-state index in [1.807, 2.05) is 27.7 Å². The number of aliphatic hydroxyl groups is 1. The van der Waals surface area contributed by atoms with Crippen LogP contribution in [0.15, 0.2) is 0 Å². The summed E-state index contributed by atoms with van der Waals surface area (Å²) in [6.07, 6.45) is 1.00. The summed E-state index contributed by atoms with van der Waals surface area (Å²) in [6.45, 7) is 8.21. The van der Waals surface area contributed by atoms with Gasteiger partial charge in [-0.2, -0.15) is 0 Å². The van der Waals surface area contributed by atoms with Crippen LogP contribution in [0.4, 0.5) is 0 Å². The summed E-state index contributed by atoms with van der Waals surface area (Å²) < 4.78 is 10.6. The van der Waals surface area contributed by atoms with E-state index in [1.165, 1.54) is 0 Å². The first-order valence-electron chi connectivity index (χ1n) is 5.28. The topological polar surface area (TPSA) is 64.7 Å². The van der Waals surface area contributed by atoms with Crippen LogP contribution in [0.1, 0.15) is 40.5 Å². The third-order valence-electron chi connectivity index (χ3n) is 2.54. The summed E-state index contributed by atoms with van der Waals surface area (Å²) in [5.74, 6) is -1.39. The Kier molecular flexibility index (Phi) is 5.59. The van der Waals surface area contributed by atoms with E-state index < -0.39 is 11.5 Å². The second-order valence-corrected chi connectivity index (χ2v) is 3.27. The van der Waals surface area contributed by atoms with E-state index in [2.05, 4.69) is 0 Å². The minimum Gasteiger partial charge on any atom is -0.383 e. The van der Waals surface area contributed by atoms with Crippen LogP contribution in [0.2, 0.25) is 0 Å².